The Labute approximate surface area is 144 Å². The van der Waals surface area contributed by atoms with Crippen LogP contribution in [0.2, 0.25) is 0 Å². The van der Waals surface area contributed by atoms with Crippen molar-refractivity contribution in [2.75, 3.05) is 5.32 Å². The molecule has 0 saturated carbocycles. The van der Waals surface area contributed by atoms with E-state index in [-0.39, 0.29) is 6.42 Å². The van der Waals surface area contributed by atoms with Crippen molar-refractivity contribution in [2.24, 2.45) is 0 Å². The number of amides is 2. The van der Waals surface area contributed by atoms with Crippen LogP contribution in [0.5, 0.6) is 0 Å². The standard InChI is InChI=1S/C19H18N2O4/c1-11(22)20-17(19(24)25)10-18(23)21-14-7-6-13-8-12-4-2-3-5-15(12)16(13)9-14/h2-7,9,17H,8,10H2,1H3,(H,20,22)(H,21,23)(H,24,25)/t17-/m0/s1. The van der Waals surface area contributed by atoms with E-state index in [1.807, 2.05) is 30.3 Å². The van der Waals surface area contributed by atoms with Crippen LogP contribution < -0.4 is 10.6 Å². The predicted octanol–water partition coefficient (Wildman–Crippen LogP) is 2.18. The zero-order chi connectivity index (χ0) is 18.0. The Morgan fingerprint density at radius 1 is 1.08 bits per heavy atom. The summed E-state index contributed by atoms with van der Waals surface area (Å²) in [6, 6.07) is 12.5. The first-order valence-electron chi connectivity index (χ1n) is 7.95. The van der Waals surface area contributed by atoms with Gasteiger partial charge in [0.15, 0.2) is 0 Å². The monoisotopic (exact) mass is 338 g/mol. The average Bonchev–Trinajstić information content (AvgIpc) is 2.92. The van der Waals surface area contributed by atoms with E-state index in [9.17, 15) is 14.4 Å². The molecular formula is C19H18N2O4. The summed E-state index contributed by atoms with van der Waals surface area (Å²) in [7, 11) is 0. The molecular weight excluding hydrogens is 320 g/mol. The van der Waals surface area contributed by atoms with Gasteiger partial charge in [-0.15, -0.1) is 0 Å². The zero-order valence-electron chi connectivity index (χ0n) is 13.7. The number of aliphatic carboxylic acids is 1. The number of fused-ring (bicyclic) bond motifs is 3. The SMILES string of the molecule is CC(=O)N[C@@H](CC(=O)Nc1ccc2c(c1)-c1ccccc1C2)C(=O)O. The van der Waals surface area contributed by atoms with Crippen LogP contribution in [0.25, 0.3) is 11.1 Å². The number of benzene rings is 2. The maximum atomic E-state index is 12.1. The van der Waals surface area contributed by atoms with Gasteiger partial charge in [-0.05, 0) is 40.8 Å². The Morgan fingerprint density at radius 3 is 2.52 bits per heavy atom. The van der Waals surface area contributed by atoms with E-state index in [0.717, 1.165) is 17.5 Å². The number of hydrogen-bond donors (Lipinski definition) is 3. The molecule has 6 nitrogen and oxygen atoms in total. The van der Waals surface area contributed by atoms with Crippen molar-refractivity contribution in [1.29, 1.82) is 0 Å². The van der Waals surface area contributed by atoms with Crippen LogP contribution in [-0.4, -0.2) is 28.9 Å². The highest BCUT2D eigenvalue weighted by Gasteiger charge is 2.23. The van der Waals surface area contributed by atoms with Crippen molar-refractivity contribution < 1.29 is 19.5 Å². The van der Waals surface area contributed by atoms with E-state index in [2.05, 4.69) is 16.7 Å². The van der Waals surface area contributed by atoms with Crippen LogP contribution in [-0.2, 0) is 20.8 Å². The van der Waals surface area contributed by atoms with E-state index >= 15 is 0 Å². The van der Waals surface area contributed by atoms with Crippen molar-refractivity contribution in [3.63, 3.8) is 0 Å². The quantitative estimate of drug-likeness (QED) is 0.664. The van der Waals surface area contributed by atoms with Gasteiger partial charge in [0, 0.05) is 12.6 Å². The van der Waals surface area contributed by atoms with E-state index in [1.165, 1.54) is 18.1 Å². The molecule has 2 aromatic rings. The van der Waals surface area contributed by atoms with Crippen LogP contribution in [0.1, 0.15) is 24.5 Å². The second kappa shape index (κ2) is 6.76. The predicted molar refractivity (Wildman–Crippen MR) is 93.2 cm³/mol. The minimum atomic E-state index is -1.24. The van der Waals surface area contributed by atoms with E-state index in [0.29, 0.717) is 5.69 Å². The molecule has 0 unspecified atom stereocenters. The molecule has 0 spiro atoms. The summed E-state index contributed by atoms with van der Waals surface area (Å²) in [4.78, 5) is 34.3. The van der Waals surface area contributed by atoms with Crippen LogP contribution in [0.3, 0.4) is 0 Å². The molecule has 3 N–H and O–H groups in total. The first-order chi connectivity index (χ1) is 11.9. The lowest BCUT2D eigenvalue weighted by Crippen LogP contribution is -2.42. The fourth-order valence-electron chi connectivity index (χ4n) is 3.04. The maximum Gasteiger partial charge on any atom is 0.326 e. The molecule has 0 heterocycles. The van der Waals surface area contributed by atoms with Crippen LogP contribution in [0.4, 0.5) is 5.69 Å². The molecule has 0 radical (unpaired) electrons. The van der Waals surface area contributed by atoms with Crippen molar-refractivity contribution in [2.45, 2.75) is 25.8 Å². The van der Waals surface area contributed by atoms with E-state index < -0.39 is 23.8 Å². The fourth-order valence-corrected chi connectivity index (χ4v) is 3.04. The normalized spacial score (nSPS) is 12.7. The number of hydrogen-bond acceptors (Lipinski definition) is 3. The Balaban J connectivity index is 1.73. The van der Waals surface area contributed by atoms with Gasteiger partial charge in [-0.1, -0.05) is 30.3 Å². The molecule has 1 atom stereocenters. The number of rotatable bonds is 5. The summed E-state index contributed by atoms with van der Waals surface area (Å²) in [5, 5.41) is 14.0. The van der Waals surface area contributed by atoms with Crippen LogP contribution >= 0.6 is 0 Å². The van der Waals surface area contributed by atoms with Gasteiger partial charge in [0.05, 0.1) is 6.42 Å². The molecule has 0 fully saturated rings. The van der Waals surface area contributed by atoms with Crippen molar-refractivity contribution in [1.82, 2.24) is 5.32 Å². The summed E-state index contributed by atoms with van der Waals surface area (Å²) in [6.45, 7) is 1.21. The molecule has 1 aliphatic rings. The summed E-state index contributed by atoms with van der Waals surface area (Å²) in [5.74, 6) is -2.20. The van der Waals surface area contributed by atoms with E-state index in [1.54, 1.807) is 6.07 Å². The molecule has 0 bridgehead atoms. The number of anilines is 1. The molecule has 128 valence electrons. The second-order valence-electron chi connectivity index (χ2n) is 6.05. The van der Waals surface area contributed by atoms with E-state index in [4.69, 9.17) is 5.11 Å². The molecule has 0 saturated heterocycles. The number of carboxylic acid groups (broad SMARTS) is 1. The van der Waals surface area contributed by atoms with Gasteiger partial charge in [-0.2, -0.15) is 0 Å². The molecule has 25 heavy (non-hydrogen) atoms. The molecule has 2 aromatic carbocycles. The third-order valence-electron chi connectivity index (χ3n) is 4.15. The van der Waals surface area contributed by atoms with Gasteiger partial charge in [0.25, 0.3) is 0 Å². The maximum absolute atomic E-state index is 12.1. The Bertz CT molecular complexity index is 860. The highest BCUT2D eigenvalue weighted by Crippen LogP contribution is 2.37. The topological polar surface area (TPSA) is 95.5 Å². The fraction of sp³-hybridized carbons (Fsp3) is 0.211. The van der Waals surface area contributed by atoms with Gasteiger partial charge in [0.2, 0.25) is 11.8 Å². The summed E-state index contributed by atoms with van der Waals surface area (Å²) < 4.78 is 0. The highest BCUT2D eigenvalue weighted by molar-refractivity contribution is 5.96. The lowest BCUT2D eigenvalue weighted by atomic mass is 10.1. The number of nitrogens with one attached hydrogen (secondary N) is 2. The molecule has 2 amide bonds. The Hall–Kier alpha value is -3.15. The van der Waals surface area contributed by atoms with Crippen LogP contribution in [0.15, 0.2) is 42.5 Å². The minimum Gasteiger partial charge on any atom is -0.480 e. The molecule has 0 aliphatic heterocycles. The first kappa shape index (κ1) is 16.7. The smallest absolute Gasteiger partial charge is 0.326 e. The Kier molecular flexibility index (Phi) is 4.52. The summed E-state index contributed by atoms with van der Waals surface area (Å²) >= 11 is 0. The van der Waals surface area contributed by atoms with Crippen molar-refractivity contribution >= 4 is 23.5 Å². The molecule has 6 heteroatoms. The number of carbonyl (C=O) groups is 3. The van der Waals surface area contributed by atoms with Gasteiger partial charge < -0.3 is 15.7 Å². The summed E-state index contributed by atoms with van der Waals surface area (Å²) in [6.07, 6.45) is 0.534. The lowest BCUT2D eigenvalue weighted by molar-refractivity contribution is -0.142. The van der Waals surface area contributed by atoms with Gasteiger partial charge in [-0.3, -0.25) is 9.59 Å². The third kappa shape index (κ3) is 3.68. The average molecular weight is 338 g/mol. The largest absolute Gasteiger partial charge is 0.480 e. The second-order valence-corrected chi connectivity index (χ2v) is 6.05. The number of carboxylic acids is 1. The lowest BCUT2D eigenvalue weighted by Gasteiger charge is -2.13. The first-order valence-corrected chi connectivity index (χ1v) is 7.95. The third-order valence-corrected chi connectivity index (χ3v) is 4.15. The highest BCUT2D eigenvalue weighted by atomic mass is 16.4. The van der Waals surface area contributed by atoms with Gasteiger partial charge in [0.1, 0.15) is 6.04 Å². The van der Waals surface area contributed by atoms with Gasteiger partial charge in [-0.25, -0.2) is 4.79 Å². The molecule has 0 aromatic heterocycles. The molecule has 3 rings (SSSR count). The van der Waals surface area contributed by atoms with Crippen molar-refractivity contribution in [3.05, 3.63) is 53.6 Å². The summed E-state index contributed by atoms with van der Waals surface area (Å²) in [5.41, 5.74) is 5.27. The zero-order valence-corrected chi connectivity index (χ0v) is 13.7. The van der Waals surface area contributed by atoms with Crippen LogP contribution in [0, 0.1) is 0 Å². The number of carbonyl (C=O) groups excluding carboxylic acids is 2. The molecule has 1 aliphatic carbocycles. The minimum absolute atomic E-state index is 0.331. The van der Waals surface area contributed by atoms with Gasteiger partial charge >= 0.3 is 5.97 Å². The van der Waals surface area contributed by atoms with Crippen molar-refractivity contribution in [3.8, 4) is 11.1 Å². The Morgan fingerprint density at radius 2 is 1.80 bits per heavy atom.